The van der Waals surface area contributed by atoms with Crippen LogP contribution in [0.25, 0.3) is 0 Å². The Labute approximate surface area is 162 Å². The number of carbonyl (C=O) groups is 1. The maximum atomic E-state index is 12.5. The van der Waals surface area contributed by atoms with Gasteiger partial charge in [-0.1, -0.05) is 28.1 Å². The van der Waals surface area contributed by atoms with Crippen molar-refractivity contribution in [3.8, 4) is 0 Å². The van der Waals surface area contributed by atoms with E-state index in [1.165, 1.54) is 0 Å². The number of hydrogen-bond donors (Lipinski definition) is 1. The maximum Gasteiger partial charge on any atom is 0.451 e. The van der Waals surface area contributed by atoms with Gasteiger partial charge < -0.3 is 10.1 Å². The number of benzene rings is 1. The third kappa shape index (κ3) is 5.33. The molecule has 27 heavy (non-hydrogen) atoms. The molecule has 0 saturated carbocycles. The molecular weight excluding hydrogens is 427 g/mol. The van der Waals surface area contributed by atoms with Crippen LogP contribution in [0.1, 0.15) is 28.6 Å². The number of morpholine rings is 1. The third-order valence-corrected chi connectivity index (χ3v) is 4.86. The first kappa shape index (κ1) is 19.9. The molecule has 1 N–H and O–H groups in total. The molecule has 1 aromatic heterocycles. The summed E-state index contributed by atoms with van der Waals surface area (Å²) in [7, 11) is 0. The van der Waals surface area contributed by atoms with E-state index in [2.05, 4.69) is 31.2 Å². The SMILES string of the molecule is O=C(Cc1cnc(C(F)(F)F)nc1)Cc1ccc([C@@H]2CNCCO2)cc1Br. The Morgan fingerprint density at radius 1 is 1.26 bits per heavy atom. The van der Waals surface area contributed by atoms with E-state index in [1.807, 2.05) is 18.2 Å². The van der Waals surface area contributed by atoms with Crippen molar-refractivity contribution in [2.45, 2.75) is 25.1 Å². The molecule has 1 fully saturated rings. The fourth-order valence-electron chi connectivity index (χ4n) is 2.78. The molecule has 144 valence electrons. The van der Waals surface area contributed by atoms with Gasteiger partial charge in [-0.3, -0.25) is 4.79 Å². The molecule has 1 aliphatic rings. The topological polar surface area (TPSA) is 64.1 Å². The van der Waals surface area contributed by atoms with Gasteiger partial charge in [-0.25, -0.2) is 9.97 Å². The summed E-state index contributed by atoms with van der Waals surface area (Å²) in [6, 6.07) is 5.71. The van der Waals surface area contributed by atoms with Crippen molar-refractivity contribution in [2.75, 3.05) is 19.7 Å². The second kappa shape index (κ2) is 8.45. The van der Waals surface area contributed by atoms with E-state index >= 15 is 0 Å². The van der Waals surface area contributed by atoms with Crippen LogP contribution in [0.3, 0.4) is 0 Å². The van der Waals surface area contributed by atoms with Crippen molar-refractivity contribution in [1.29, 1.82) is 0 Å². The zero-order valence-electron chi connectivity index (χ0n) is 14.2. The summed E-state index contributed by atoms with van der Waals surface area (Å²) in [5.74, 6) is -1.35. The number of rotatable bonds is 5. The Morgan fingerprint density at radius 3 is 2.59 bits per heavy atom. The molecule has 0 aliphatic carbocycles. The van der Waals surface area contributed by atoms with Crippen molar-refractivity contribution in [2.24, 2.45) is 0 Å². The smallest absolute Gasteiger partial charge is 0.371 e. The number of Topliss-reactive ketones (excluding diaryl/α,β-unsaturated/α-hetero) is 1. The molecule has 0 unspecified atom stereocenters. The van der Waals surface area contributed by atoms with Crippen LogP contribution in [0, 0.1) is 0 Å². The van der Waals surface area contributed by atoms with Gasteiger partial charge in [0.1, 0.15) is 5.78 Å². The molecule has 0 bridgehead atoms. The van der Waals surface area contributed by atoms with Crippen molar-refractivity contribution < 1.29 is 22.7 Å². The highest BCUT2D eigenvalue weighted by atomic mass is 79.9. The van der Waals surface area contributed by atoms with Crippen LogP contribution in [0.5, 0.6) is 0 Å². The maximum absolute atomic E-state index is 12.5. The largest absolute Gasteiger partial charge is 0.451 e. The number of alkyl halides is 3. The van der Waals surface area contributed by atoms with E-state index in [0.717, 1.165) is 41.1 Å². The summed E-state index contributed by atoms with van der Waals surface area (Å²) in [6.45, 7) is 2.22. The molecule has 0 spiro atoms. The number of nitrogens with one attached hydrogen (secondary N) is 1. The van der Waals surface area contributed by atoms with E-state index in [1.54, 1.807) is 0 Å². The Morgan fingerprint density at radius 2 is 2.00 bits per heavy atom. The van der Waals surface area contributed by atoms with Crippen molar-refractivity contribution >= 4 is 21.7 Å². The van der Waals surface area contributed by atoms with Crippen LogP contribution in [0.4, 0.5) is 13.2 Å². The molecule has 2 heterocycles. The number of halogens is 4. The Kier molecular flexibility index (Phi) is 6.23. The average Bonchev–Trinajstić information content (AvgIpc) is 2.64. The van der Waals surface area contributed by atoms with E-state index < -0.39 is 12.0 Å². The van der Waals surface area contributed by atoms with Gasteiger partial charge in [0.25, 0.3) is 0 Å². The highest BCUT2D eigenvalue weighted by molar-refractivity contribution is 9.10. The van der Waals surface area contributed by atoms with Crippen LogP contribution in [-0.2, 0) is 28.5 Å². The van der Waals surface area contributed by atoms with Crippen molar-refractivity contribution in [3.63, 3.8) is 0 Å². The van der Waals surface area contributed by atoms with Crippen LogP contribution >= 0.6 is 15.9 Å². The summed E-state index contributed by atoms with van der Waals surface area (Å²) in [5.41, 5.74) is 2.17. The number of hydrogen-bond acceptors (Lipinski definition) is 5. The first-order valence-electron chi connectivity index (χ1n) is 8.33. The van der Waals surface area contributed by atoms with Gasteiger partial charge in [0.2, 0.25) is 5.82 Å². The van der Waals surface area contributed by atoms with E-state index in [-0.39, 0.29) is 24.7 Å². The van der Waals surface area contributed by atoms with Gasteiger partial charge >= 0.3 is 6.18 Å². The van der Waals surface area contributed by atoms with E-state index in [0.29, 0.717) is 12.2 Å². The zero-order valence-corrected chi connectivity index (χ0v) is 15.8. The predicted octanol–water partition coefficient (Wildman–Crippen LogP) is 3.27. The lowest BCUT2D eigenvalue weighted by Gasteiger charge is -2.24. The molecule has 1 aliphatic heterocycles. The first-order chi connectivity index (χ1) is 12.8. The minimum Gasteiger partial charge on any atom is -0.371 e. The molecule has 3 rings (SSSR count). The highest BCUT2D eigenvalue weighted by Gasteiger charge is 2.34. The lowest BCUT2D eigenvalue weighted by Crippen LogP contribution is -2.33. The van der Waals surface area contributed by atoms with Crippen LogP contribution in [-0.4, -0.2) is 35.4 Å². The molecule has 1 atom stereocenters. The van der Waals surface area contributed by atoms with Crippen LogP contribution < -0.4 is 5.32 Å². The number of ether oxygens (including phenoxy) is 1. The summed E-state index contributed by atoms with van der Waals surface area (Å²) >= 11 is 3.48. The molecule has 5 nitrogen and oxygen atoms in total. The van der Waals surface area contributed by atoms with Crippen LogP contribution in [0.15, 0.2) is 35.1 Å². The van der Waals surface area contributed by atoms with Gasteiger partial charge in [0.05, 0.1) is 12.7 Å². The number of aromatic nitrogens is 2. The standard InChI is InChI=1S/C18H17BrF3N3O2/c19-15-7-13(16-10-23-3-4-27-16)2-1-12(15)6-14(26)5-11-8-24-17(25-9-11)18(20,21)22/h1-2,7-9,16,23H,3-6,10H2/t16-/m0/s1. The number of carbonyl (C=O) groups excluding carboxylic acids is 1. The second-order valence-electron chi connectivity index (χ2n) is 6.22. The second-order valence-corrected chi connectivity index (χ2v) is 7.07. The number of ketones is 1. The molecular formula is C18H17BrF3N3O2. The first-order valence-corrected chi connectivity index (χ1v) is 9.12. The van der Waals surface area contributed by atoms with Crippen LogP contribution in [0.2, 0.25) is 0 Å². The average molecular weight is 444 g/mol. The van der Waals surface area contributed by atoms with Crippen molar-refractivity contribution in [1.82, 2.24) is 15.3 Å². The summed E-state index contributed by atoms with van der Waals surface area (Å²) in [6.07, 6.45) is -2.40. The zero-order chi connectivity index (χ0) is 19.4. The van der Waals surface area contributed by atoms with Gasteiger partial charge in [0.15, 0.2) is 0 Å². The third-order valence-electron chi connectivity index (χ3n) is 4.12. The normalized spacial score (nSPS) is 17.7. The lowest BCUT2D eigenvalue weighted by molar-refractivity contribution is -0.145. The minimum atomic E-state index is -4.59. The predicted molar refractivity (Wildman–Crippen MR) is 95.2 cm³/mol. The molecule has 2 aromatic rings. The monoisotopic (exact) mass is 443 g/mol. The molecule has 9 heteroatoms. The van der Waals surface area contributed by atoms with Crippen molar-refractivity contribution in [3.05, 3.63) is 57.6 Å². The fourth-order valence-corrected chi connectivity index (χ4v) is 3.32. The quantitative estimate of drug-likeness (QED) is 0.767. The summed E-state index contributed by atoms with van der Waals surface area (Å²) in [5, 5.41) is 3.26. The highest BCUT2D eigenvalue weighted by Crippen LogP contribution is 2.27. The molecule has 1 aromatic carbocycles. The lowest BCUT2D eigenvalue weighted by atomic mass is 10.0. The Balaban J connectivity index is 1.62. The Hall–Kier alpha value is -1.84. The number of nitrogens with zero attached hydrogens (tertiary/aromatic N) is 2. The van der Waals surface area contributed by atoms with E-state index in [9.17, 15) is 18.0 Å². The molecule has 1 saturated heterocycles. The fraction of sp³-hybridized carbons (Fsp3) is 0.389. The summed E-state index contributed by atoms with van der Waals surface area (Å²) < 4.78 is 43.9. The van der Waals surface area contributed by atoms with E-state index in [4.69, 9.17) is 4.74 Å². The van der Waals surface area contributed by atoms with Gasteiger partial charge in [-0.05, 0) is 22.8 Å². The van der Waals surface area contributed by atoms with Gasteiger partial charge in [-0.15, -0.1) is 0 Å². The van der Waals surface area contributed by atoms with Gasteiger partial charge in [0, 0.05) is 42.8 Å². The molecule has 0 amide bonds. The molecule has 0 radical (unpaired) electrons. The Bertz CT molecular complexity index is 806. The minimum absolute atomic E-state index is 0.0240. The summed E-state index contributed by atoms with van der Waals surface area (Å²) in [4.78, 5) is 18.8. The van der Waals surface area contributed by atoms with Gasteiger partial charge in [-0.2, -0.15) is 13.2 Å².